The summed E-state index contributed by atoms with van der Waals surface area (Å²) in [4.78, 5) is 22.0. The van der Waals surface area contributed by atoms with Gasteiger partial charge < -0.3 is 14.8 Å². The second-order valence-corrected chi connectivity index (χ2v) is 8.26. The number of hydrogen-bond acceptors (Lipinski definition) is 6. The number of rotatable bonds is 11. The molecule has 0 aliphatic carbocycles. The molecule has 0 saturated carbocycles. The summed E-state index contributed by atoms with van der Waals surface area (Å²) in [6.45, 7) is 6.50. The number of methoxy groups -OCH3 is 1. The molecule has 4 rings (SSSR count). The van der Waals surface area contributed by atoms with Crippen LogP contribution < -0.4 is 14.8 Å². The van der Waals surface area contributed by atoms with Crippen molar-refractivity contribution >= 4 is 11.3 Å². The second-order valence-electron chi connectivity index (χ2n) is 8.26. The first-order chi connectivity index (χ1) is 17.1. The first kappa shape index (κ1) is 24.2. The van der Waals surface area contributed by atoms with Crippen LogP contribution in [0.15, 0.2) is 73.7 Å². The Balaban J connectivity index is 1.67. The van der Waals surface area contributed by atoms with E-state index in [4.69, 9.17) is 14.5 Å². The Morgan fingerprint density at radius 2 is 1.97 bits per heavy atom. The molecule has 7 nitrogen and oxygen atoms in total. The van der Waals surface area contributed by atoms with Gasteiger partial charge in [0.25, 0.3) is 0 Å². The average Bonchev–Trinajstić information content (AvgIpc) is 3.27. The van der Waals surface area contributed by atoms with Gasteiger partial charge in [0.05, 0.1) is 30.4 Å². The molecule has 4 aromatic rings. The van der Waals surface area contributed by atoms with Gasteiger partial charge in [-0.1, -0.05) is 12.6 Å². The molecule has 2 aromatic carbocycles. The van der Waals surface area contributed by atoms with Gasteiger partial charge >= 0.3 is 0 Å². The van der Waals surface area contributed by atoms with E-state index in [2.05, 4.69) is 16.9 Å². The van der Waals surface area contributed by atoms with E-state index >= 15 is 0 Å². The van der Waals surface area contributed by atoms with Gasteiger partial charge in [0.15, 0.2) is 5.78 Å². The quantitative estimate of drug-likeness (QED) is 0.235. The number of ether oxygens (including phenoxy) is 2. The standard InChI is InChI=1S/C28H30N4O3/c1-5-24(33)22(8-7-15-29-3)28-31-27(23-18-30-16-17-32(23)28)20-11-13-21(14-12-20)35-26-10-6-9-25(34-4)19(26)2/h5-6,9-14,16-18,22,29H,1,7-8,15H2,2-4H3/t22-/m1/s1. The van der Waals surface area contributed by atoms with Gasteiger partial charge in [-0.25, -0.2) is 4.98 Å². The molecule has 0 aliphatic heterocycles. The Bertz CT molecular complexity index is 1330. The summed E-state index contributed by atoms with van der Waals surface area (Å²) in [5.41, 5.74) is 3.46. The van der Waals surface area contributed by atoms with Crippen LogP contribution in [0.4, 0.5) is 0 Å². The zero-order valence-electron chi connectivity index (χ0n) is 20.3. The van der Waals surface area contributed by atoms with Crippen LogP contribution >= 0.6 is 0 Å². The number of imidazole rings is 1. The lowest BCUT2D eigenvalue weighted by molar-refractivity contribution is -0.116. The number of fused-ring (bicyclic) bond motifs is 1. The summed E-state index contributed by atoms with van der Waals surface area (Å²) >= 11 is 0. The molecular formula is C28H30N4O3. The maximum atomic E-state index is 12.8. The van der Waals surface area contributed by atoms with Crippen LogP contribution in [0.3, 0.4) is 0 Å². The Morgan fingerprint density at radius 3 is 2.69 bits per heavy atom. The molecule has 2 heterocycles. The van der Waals surface area contributed by atoms with E-state index in [1.54, 1.807) is 19.5 Å². The van der Waals surface area contributed by atoms with Crippen LogP contribution in [0.1, 0.15) is 30.1 Å². The topological polar surface area (TPSA) is 77.8 Å². The maximum absolute atomic E-state index is 12.8. The number of carbonyl (C=O) groups excluding carboxylic acids is 1. The first-order valence-corrected chi connectivity index (χ1v) is 11.6. The number of benzene rings is 2. The van der Waals surface area contributed by atoms with E-state index in [9.17, 15) is 4.79 Å². The van der Waals surface area contributed by atoms with Gasteiger partial charge in [0.1, 0.15) is 23.1 Å². The van der Waals surface area contributed by atoms with Crippen LogP contribution in [0.5, 0.6) is 17.2 Å². The van der Waals surface area contributed by atoms with E-state index in [0.717, 1.165) is 46.8 Å². The smallest absolute Gasteiger partial charge is 0.165 e. The third kappa shape index (κ3) is 5.10. The Morgan fingerprint density at radius 1 is 1.20 bits per heavy atom. The highest BCUT2D eigenvalue weighted by atomic mass is 16.5. The van der Waals surface area contributed by atoms with Crippen molar-refractivity contribution in [3.8, 4) is 28.5 Å². The molecule has 0 bridgehead atoms. The van der Waals surface area contributed by atoms with Gasteiger partial charge in [-0.2, -0.15) is 0 Å². The SMILES string of the molecule is C=CC(=O)[C@@H](CCCNC)c1nc(-c2ccc(Oc3cccc(OC)c3C)cc2)c2cnccn12. The highest BCUT2D eigenvalue weighted by Gasteiger charge is 2.25. The molecule has 7 heteroatoms. The van der Waals surface area contributed by atoms with Crippen molar-refractivity contribution in [2.75, 3.05) is 20.7 Å². The van der Waals surface area contributed by atoms with Gasteiger partial charge in [-0.3, -0.25) is 14.2 Å². The molecule has 1 N–H and O–H groups in total. The van der Waals surface area contributed by atoms with Crippen LogP contribution in [0.25, 0.3) is 16.8 Å². The van der Waals surface area contributed by atoms with Crippen LogP contribution in [-0.4, -0.2) is 40.9 Å². The fourth-order valence-corrected chi connectivity index (χ4v) is 4.18. The molecule has 0 radical (unpaired) electrons. The normalized spacial score (nSPS) is 11.9. The van der Waals surface area contributed by atoms with Crippen molar-refractivity contribution in [3.63, 3.8) is 0 Å². The van der Waals surface area contributed by atoms with Crippen LogP contribution in [0, 0.1) is 6.92 Å². The van der Waals surface area contributed by atoms with E-state index in [-0.39, 0.29) is 11.7 Å². The third-order valence-corrected chi connectivity index (χ3v) is 6.06. The number of nitrogens with one attached hydrogen (secondary N) is 1. The molecular weight excluding hydrogens is 440 g/mol. The summed E-state index contributed by atoms with van der Waals surface area (Å²) in [5, 5.41) is 3.14. The first-order valence-electron chi connectivity index (χ1n) is 11.6. The molecule has 35 heavy (non-hydrogen) atoms. The molecule has 0 spiro atoms. The number of nitrogens with zero attached hydrogens (tertiary/aromatic N) is 3. The summed E-state index contributed by atoms with van der Waals surface area (Å²) in [6, 6.07) is 13.5. The number of hydrogen-bond donors (Lipinski definition) is 1. The van der Waals surface area contributed by atoms with Crippen molar-refractivity contribution in [2.24, 2.45) is 0 Å². The zero-order valence-corrected chi connectivity index (χ0v) is 20.3. The van der Waals surface area contributed by atoms with Crippen LogP contribution in [-0.2, 0) is 4.79 Å². The van der Waals surface area contributed by atoms with Crippen molar-refractivity contribution in [2.45, 2.75) is 25.7 Å². The van der Waals surface area contributed by atoms with E-state index in [1.807, 2.05) is 67.0 Å². The van der Waals surface area contributed by atoms with Gasteiger partial charge in [-0.05, 0) is 75.8 Å². The Kier molecular flexibility index (Phi) is 7.57. The Hall–Kier alpha value is -3.97. The minimum atomic E-state index is -0.372. The largest absolute Gasteiger partial charge is 0.496 e. The predicted molar refractivity (Wildman–Crippen MR) is 137 cm³/mol. The fraction of sp³-hybridized carbons (Fsp3) is 0.250. The number of carbonyl (C=O) groups is 1. The van der Waals surface area contributed by atoms with Gasteiger partial charge in [0.2, 0.25) is 0 Å². The van der Waals surface area contributed by atoms with Gasteiger partial charge in [0, 0.05) is 23.5 Å². The van der Waals surface area contributed by atoms with Crippen molar-refractivity contribution in [1.29, 1.82) is 0 Å². The summed E-state index contributed by atoms with van der Waals surface area (Å²) in [5.74, 6) is 2.52. The van der Waals surface area contributed by atoms with E-state index < -0.39 is 0 Å². The molecule has 0 amide bonds. The van der Waals surface area contributed by atoms with Crippen molar-refractivity contribution in [1.82, 2.24) is 19.7 Å². The minimum Gasteiger partial charge on any atom is -0.496 e. The molecule has 0 unspecified atom stereocenters. The second kappa shape index (κ2) is 11.0. The zero-order chi connectivity index (χ0) is 24.8. The third-order valence-electron chi connectivity index (χ3n) is 6.06. The highest BCUT2D eigenvalue weighted by molar-refractivity contribution is 5.95. The van der Waals surface area contributed by atoms with E-state index in [1.165, 1.54) is 6.08 Å². The monoisotopic (exact) mass is 470 g/mol. The Labute approximate surface area is 205 Å². The average molecular weight is 471 g/mol. The maximum Gasteiger partial charge on any atom is 0.165 e. The molecule has 180 valence electrons. The lowest BCUT2D eigenvalue weighted by Crippen LogP contribution is -2.16. The lowest BCUT2D eigenvalue weighted by atomic mass is 9.97. The number of ketones is 1. The van der Waals surface area contributed by atoms with E-state index in [0.29, 0.717) is 18.0 Å². The van der Waals surface area contributed by atoms with Crippen LogP contribution in [0.2, 0.25) is 0 Å². The summed E-state index contributed by atoms with van der Waals surface area (Å²) in [6.07, 6.45) is 8.26. The fourth-order valence-electron chi connectivity index (χ4n) is 4.18. The molecule has 2 aromatic heterocycles. The number of allylic oxidation sites excluding steroid dienone is 1. The predicted octanol–water partition coefficient (Wildman–Crippen LogP) is 5.34. The van der Waals surface area contributed by atoms with Crippen molar-refractivity contribution in [3.05, 3.63) is 85.1 Å². The van der Waals surface area contributed by atoms with Crippen molar-refractivity contribution < 1.29 is 14.3 Å². The molecule has 1 atom stereocenters. The highest BCUT2D eigenvalue weighted by Crippen LogP contribution is 2.34. The summed E-state index contributed by atoms with van der Waals surface area (Å²) < 4.78 is 13.4. The molecule has 0 fully saturated rings. The van der Waals surface area contributed by atoms with Gasteiger partial charge in [-0.15, -0.1) is 0 Å². The number of aromatic nitrogens is 3. The minimum absolute atomic E-state index is 0.0335. The summed E-state index contributed by atoms with van der Waals surface area (Å²) in [7, 11) is 3.55. The molecule has 0 saturated heterocycles. The lowest BCUT2D eigenvalue weighted by Gasteiger charge is -2.13. The molecule has 0 aliphatic rings.